The van der Waals surface area contributed by atoms with Crippen molar-refractivity contribution in [3.05, 3.63) is 42.4 Å². The average Bonchev–Trinajstić information content (AvgIpc) is 2.74. The summed E-state index contributed by atoms with van der Waals surface area (Å²) in [5.74, 6) is 0.655. The molecular formula is C9H7NO2. The van der Waals surface area contributed by atoms with E-state index in [1.54, 1.807) is 41.3 Å². The van der Waals surface area contributed by atoms with Crippen LogP contribution in [-0.2, 0) is 0 Å². The predicted octanol–water partition coefficient (Wildman–Crippen LogP) is 1.88. The average molecular weight is 161 g/mol. The minimum absolute atomic E-state index is 0.588. The third kappa shape index (κ3) is 0.955. The fourth-order valence-electron chi connectivity index (χ4n) is 1.10. The van der Waals surface area contributed by atoms with Crippen LogP contribution in [-0.4, -0.2) is 10.9 Å². The molecule has 0 aliphatic carbocycles. The molecule has 2 aromatic rings. The van der Waals surface area contributed by atoms with E-state index in [4.69, 9.17) is 4.42 Å². The number of aromatic nitrogens is 1. The number of nitrogens with zero attached hydrogens (tertiary/aromatic N) is 1. The van der Waals surface area contributed by atoms with Crippen LogP contribution >= 0.6 is 0 Å². The number of rotatable bonds is 2. The van der Waals surface area contributed by atoms with E-state index in [0.29, 0.717) is 11.6 Å². The van der Waals surface area contributed by atoms with Crippen molar-refractivity contribution < 1.29 is 9.21 Å². The van der Waals surface area contributed by atoms with Gasteiger partial charge in [0.25, 0.3) is 0 Å². The van der Waals surface area contributed by atoms with E-state index in [1.165, 1.54) is 0 Å². The summed E-state index contributed by atoms with van der Waals surface area (Å²) in [6.07, 6.45) is 4.15. The molecule has 0 N–H and O–H groups in total. The summed E-state index contributed by atoms with van der Waals surface area (Å²) < 4.78 is 6.81. The van der Waals surface area contributed by atoms with Crippen molar-refractivity contribution in [3.63, 3.8) is 0 Å². The summed E-state index contributed by atoms with van der Waals surface area (Å²) >= 11 is 0. The van der Waals surface area contributed by atoms with Crippen molar-refractivity contribution in [2.75, 3.05) is 0 Å². The van der Waals surface area contributed by atoms with Crippen molar-refractivity contribution in [2.45, 2.75) is 0 Å². The second-order valence-electron chi connectivity index (χ2n) is 2.37. The van der Waals surface area contributed by atoms with E-state index < -0.39 is 0 Å². The maximum Gasteiger partial charge on any atom is 0.203 e. The van der Waals surface area contributed by atoms with Gasteiger partial charge in [-0.15, -0.1) is 0 Å². The Bertz CT molecular complexity index is 373. The first kappa shape index (κ1) is 6.91. The lowest BCUT2D eigenvalue weighted by Gasteiger charge is -1.97. The Kier molecular flexibility index (Phi) is 1.55. The third-order valence-corrected chi connectivity index (χ3v) is 1.64. The maximum absolute atomic E-state index is 10.5. The highest BCUT2D eigenvalue weighted by Crippen LogP contribution is 2.10. The van der Waals surface area contributed by atoms with Gasteiger partial charge < -0.3 is 4.42 Å². The Morgan fingerprint density at radius 1 is 1.33 bits per heavy atom. The van der Waals surface area contributed by atoms with Crippen LogP contribution in [0.2, 0.25) is 0 Å². The highest BCUT2D eigenvalue weighted by atomic mass is 16.3. The third-order valence-electron chi connectivity index (χ3n) is 1.64. The Hall–Kier alpha value is -1.77. The molecule has 0 spiro atoms. The SMILES string of the molecule is O=Cc1cccn1-c1ccco1. The van der Waals surface area contributed by atoms with E-state index in [-0.39, 0.29) is 0 Å². The fourth-order valence-corrected chi connectivity index (χ4v) is 1.10. The summed E-state index contributed by atoms with van der Waals surface area (Å²) in [6, 6.07) is 7.11. The van der Waals surface area contributed by atoms with Gasteiger partial charge in [-0.3, -0.25) is 9.36 Å². The van der Waals surface area contributed by atoms with E-state index in [9.17, 15) is 4.79 Å². The lowest BCUT2D eigenvalue weighted by Crippen LogP contribution is -1.94. The summed E-state index contributed by atoms with van der Waals surface area (Å²) in [5, 5.41) is 0. The molecule has 0 aliphatic heterocycles. The molecule has 0 saturated heterocycles. The normalized spacial score (nSPS) is 10.0. The van der Waals surface area contributed by atoms with E-state index in [0.717, 1.165) is 6.29 Å². The Morgan fingerprint density at radius 2 is 2.25 bits per heavy atom. The molecule has 12 heavy (non-hydrogen) atoms. The van der Waals surface area contributed by atoms with Crippen molar-refractivity contribution in [1.82, 2.24) is 4.57 Å². The van der Waals surface area contributed by atoms with Crippen molar-refractivity contribution in [2.24, 2.45) is 0 Å². The highest BCUT2D eigenvalue weighted by Gasteiger charge is 2.02. The number of carbonyl (C=O) groups excluding carboxylic acids is 1. The van der Waals surface area contributed by atoms with Crippen molar-refractivity contribution >= 4 is 6.29 Å². The van der Waals surface area contributed by atoms with Gasteiger partial charge >= 0.3 is 0 Å². The van der Waals surface area contributed by atoms with Gasteiger partial charge in [0, 0.05) is 12.3 Å². The van der Waals surface area contributed by atoms with Gasteiger partial charge in [0.15, 0.2) is 6.29 Å². The number of carbonyl (C=O) groups is 1. The maximum atomic E-state index is 10.5. The standard InChI is InChI=1S/C9H7NO2/c11-7-8-3-1-5-10(8)9-4-2-6-12-9/h1-7H. The van der Waals surface area contributed by atoms with Crippen LogP contribution in [0.25, 0.3) is 5.88 Å². The van der Waals surface area contributed by atoms with Gasteiger partial charge in [0.2, 0.25) is 5.88 Å². The summed E-state index contributed by atoms with van der Waals surface area (Å²) in [7, 11) is 0. The molecule has 0 aromatic carbocycles. The quantitative estimate of drug-likeness (QED) is 0.630. The molecule has 0 atom stereocenters. The molecule has 0 unspecified atom stereocenters. The second-order valence-corrected chi connectivity index (χ2v) is 2.37. The Balaban J connectivity index is 2.53. The zero-order chi connectivity index (χ0) is 8.39. The van der Waals surface area contributed by atoms with Gasteiger partial charge in [-0.05, 0) is 18.2 Å². The minimum atomic E-state index is 0.588. The first-order valence-corrected chi connectivity index (χ1v) is 3.58. The van der Waals surface area contributed by atoms with Gasteiger partial charge in [-0.2, -0.15) is 0 Å². The minimum Gasteiger partial charge on any atom is -0.448 e. The van der Waals surface area contributed by atoms with E-state index in [1.807, 2.05) is 0 Å². The molecule has 0 amide bonds. The molecule has 0 fully saturated rings. The highest BCUT2D eigenvalue weighted by molar-refractivity contribution is 5.73. The monoisotopic (exact) mass is 161 g/mol. The number of furan rings is 1. The lowest BCUT2D eigenvalue weighted by molar-refractivity contribution is 0.111. The molecule has 0 bridgehead atoms. The number of aldehydes is 1. The van der Waals surface area contributed by atoms with Gasteiger partial charge in [-0.1, -0.05) is 0 Å². The van der Waals surface area contributed by atoms with Crippen LogP contribution < -0.4 is 0 Å². The zero-order valence-electron chi connectivity index (χ0n) is 6.31. The van der Waals surface area contributed by atoms with E-state index >= 15 is 0 Å². The smallest absolute Gasteiger partial charge is 0.203 e. The molecule has 2 aromatic heterocycles. The van der Waals surface area contributed by atoms with Crippen molar-refractivity contribution in [3.8, 4) is 5.88 Å². The molecule has 3 nitrogen and oxygen atoms in total. The van der Waals surface area contributed by atoms with Crippen LogP contribution in [0.4, 0.5) is 0 Å². The number of hydrogen-bond donors (Lipinski definition) is 0. The van der Waals surface area contributed by atoms with Crippen LogP contribution in [0.1, 0.15) is 10.5 Å². The summed E-state index contributed by atoms with van der Waals surface area (Å²) in [6.45, 7) is 0. The second kappa shape index (κ2) is 2.70. The molecule has 2 heterocycles. The van der Waals surface area contributed by atoms with Crippen LogP contribution in [0, 0.1) is 0 Å². The zero-order valence-corrected chi connectivity index (χ0v) is 6.31. The molecule has 0 aliphatic rings. The van der Waals surface area contributed by atoms with Gasteiger partial charge in [0.05, 0.1) is 12.0 Å². The largest absolute Gasteiger partial charge is 0.448 e. The van der Waals surface area contributed by atoms with Crippen LogP contribution in [0.15, 0.2) is 41.1 Å². The van der Waals surface area contributed by atoms with Crippen molar-refractivity contribution in [1.29, 1.82) is 0 Å². The molecule has 0 saturated carbocycles. The summed E-state index contributed by atoms with van der Waals surface area (Å²) in [4.78, 5) is 10.5. The molecule has 60 valence electrons. The Morgan fingerprint density at radius 3 is 2.92 bits per heavy atom. The fraction of sp³-hybridized carbons (Fsp3) is 0. The van der Waals surface area contributed by atoms with Gasteiger partial charge in [0.1, 0.15) is 0 Å². The molecular weight excluding hydrogens is 154 g/mol. The number of hydrogen-bond acceptors (Lipinski definition) is 2. The van der Waals surface area contributed by atoms with E-state index in [2.05, 4.69) is 0 Å². The Labute approximate surface area is 69.2 Å². The van der Waals surface area contributed by atoms with Crippen LogP contribution in [0.5, 0.6) is 0 Å². The molecule has 2 rings (SSSR count). The molecule has 0 radical (unpaired) electrons. The lowest BCUT2D eigenvalue weighted by atomic mass is 10.5. The molecule has 3 heteroatoms. The predicted molar refractivity (Wildman–Crippen MR) is 43.4 cm³/mol. The summed E-state index contributed by atoms with van der Waals surface area (Å²) in [5.41, 5.74) is 0.588. The van der Waals surface area contributed by atoms with Crippen LogP contribution in [0.3, 0.4) is 0 Å². The topological polar surface area (TPSA) is 35.1 Å². The van der Waals surface area contributed by atoms with Gasteiger partial charge in [-0.25, -0.2) is 0 Å². The first-order chi connectivity index (χ1) is 5.92. The first-order valence-electron chi connectivity index (χ1n) is 3.58.